The second-order valence-corrected chi connectivity index (χ2v) is 9.75. The van der Waals surface area contributed by atoms with Crippen LogP contribution in [-0.4, -0.2) is 32.5 Å². The lowest BCUT2D eigenvalue weighted by Gasteiger charge is -2.24. The van der Waals surface area contributed by atoms with Crippen LogP contribution in [0.25, 0.3) is 11.0 Å². The minimum atomic E-state index is -0.678. The molecule has 0 radical (unpaired) electrons. The van der Waals surface area contributed by atoms with Crippen LogP contribution in [0, 0.1) is 0 Å². The van der Waals surface area contributed by atoms with Gasteiger partial charge in [0.05, 0.1) is 17.5 Å². The molecule has 0 bridgehead atoms. The summed E-state index contributed by atoms with van der Waals surface area (Å²) in [4.78, 5) is 8.60. The lowest BCUT2D eigenvalue weighted by Crippen LogP contribution is -2.27. The van der Waals surface area contributed by atoms with E-state index in [0.29, 0.717) is 15.9 Å². The largest absolute Gasteiger partial charge is 0.383 e. The van der Waals surface area contributed by atoms with Gasteiger partial charge in [-0.3, -0.25) is 0 Å². The fourth-order valence-corrected chi connectivity index (χ4v) is 5.80. The lowest BCUT2D eigenvalue weighted by molar-refractivity contribution is -0.157. The van der Waals surface area contributed by atoms with Crippen LogP contribution in [0.5, 0.6) is 0 Å². The highest BCUT2D eigenvalue weighted by Gasteiger charge is 2.55. The normalized spacial score (nSPS) is 28.2. The molecule has 1 aromatic carbocycles. The molecule has 1 saturated carbocycles. The van der Waals surface area contributed by atoms with Crippen LogP contribution in [0.1, 0.15) is 37.8 Å². The van der Waals surface area contributed by atoms with Crippen LogP contribution in [0.2, 0.25) is 10.0 Å². The van der Waals surface area contributed by atoms with Gasteiger partial charge in [-0.2, -0.15) is 0 Å². The van der Waals surface area contributed by atoms with Gasteiger partial charge in [-0.05, 0) is 60.0 Å². The van der Waals surface area contributed by atoms with Crippen molar-refractivity contribution in [1.82, 2.24) is 14.5 Å². The highest BCUT2D eigenvalue weighted by Crippen LogP contribution is 2.52. The highest BCUT2D eigenvalue weighted by atomic mass is 79.9. The van der Waals surface area contributed by atoms with Crippen LogP contribution < -0.4 is 5.73 Å². The van der Waals surface area contributed by atoms with Crippen molar-refractivity contribution in [2.45, 2.75) is 50.2 Å². The van der Waals surface area contributed by atoms with Crippen molar-refractivity contribution in [2.75, 3.05) is 5.73 Å². The minimum Gasteiger partial charge on any atom is -0.383 e. The number of hydrogen-bond acceptors (Lipinski definition) is 5. The topological polar surface area (TPSA) is 75.2 Å². The van der Waals surface area contributed by atoms with E-state index in [2.05, 4.69) is 30.5 Å². The first-order valence-electron chi connectivity index (χ1n) is 9.31. The number of fused-ring (bicyclic) bond motifs is 2. The molecule has 152 valence electrons. The van der Waals surface area contributed by atoms with Crippen molar-refractivity contribution in [3.05, 3.63) is 50.8 Å². The number of nitrogens with zero attached hydrogens (tertiary/aromatic N) is 3. The molecular weight excluding hydrogens is 479 g/mol. The predicted octanol–water partition coefficient (Wildman–Crippen LogP) is 5.33. The van der Waals surface area contributed by atoms with Crippen molar-refractivity contribution < 1.29 is 9.47 Å². The Labute approximate surface area is 186 Å². The Bertz CT molecular complexity index is 1100. The van der Waals surface area contributed by atoms with Gasteiger partial charge < -0.3 is 19.8 Å². The van der Waals surface area contributed by atoms with Gasteiger partial charge >= 0.3 is 0 Å². The number of nitrogens with two attached hydrogens (primary N) is 1. The van der Waals surface area contributed by atoms with Gasteiger partial charge in [-0.15, -0.1) is 0 Å². The van der Waals surface area contributed by atoms with Gasteiger partial charge in [0, 0.05) is 26.6 Å². The van der Waals surface area contributed by atoms with E-state index >= 15 is 0 Å². The molecule has 2 fully saturated rings. The third-order valence-corrected chi connectivity index (χ3v) is 6.74. The fourth-order valence-electron chi connectivity index (χ4n) is 4.66. The predicted molar refractivity (Wildman–Crippen MR) is 116 cm³/mol. The quantitative estimate of drug-likeness (QED) is 0.517. The first kappa shape index (κ1) is 19.6. The minimum absolute atomic E-state index is 0.00707. The van der Waals surface area contributed by atoms with Crippen molar-refractivity contribution in [3.63, 3.8) is 0 Å². The molecule has 1 saturated heterocycles. The summed E-state index contributed by atoms with van der Waals surface area (Å²) in [6, 6.07) is 5.65. The van der Waals surface area contributed by atoms with E-state index in [4.69, 9.17) is 38.4 Å². The maximum absolute atomic E-state index is 6.34. The monoisotopic (exact) mass is 496 g/mol. The maximum atomic E-state index is 6.34. The molecule has 9 heteroatoms. The Morgan fingerprint density at radius 3 is 2.55 bits per heavy atom. The molecule has 2 aliphatic rings. The smallest absolute Gasteiger partial charge is 0.163 e. The van der Waals surface area contributed by atoms with Crippen molar-refractivity contribution in [2.24, 2.45) is 0 Å². The molecule has 0 spiro atoms. The molecule has 4 atom stereocenters. The summed E-state index contributed by atoms with van der Waals surface area (Å²) < 4.78 is 15.6. The molecule has 5 rings (SSSR count). The van der Waals surface area contributed by atoms with Gasteiger partial charge in [-0.25, -0.2) is 9.97 Å². The fraction of sp³-hybridized carbons (Fsp3) is 0.400. The van der Waals surface area contributed by atoms with E-state index in [1.54, 1.807) is 6.07 Å². The number of benzene rings is 1. The summed E-state index contributed by atoms with van der Waals surface area (Å²) in [6.07, 6.45) is 4.00. The average Bonchev–Trinajstić information content (AvgIpc) is 3.23. The number of hydrogen-bond donors (Lipinski definition) is 1. The number of aromatic nitrogens is 3. The van der Waals surface area contributed by atoms with E-state index < -0.39 is 5.79 Å². The molecule has 0 unspecified atom stereocenters. The Morgan fingerprint density at radius 2 is 1.83 bits per heavy atom. The number of anilines is 1. The maximum Gasteiger partial charge on any atom is 0.163 e. The molecule has 1 aliphatic heterocycles. The van der Waals surface area contributed by atoms with E-state index in [9.17, 15) is 0 Å². The van der Waals surface area contributed by atoms with Gasteiger partial charge in [0.1, 0.15) is 23.9 Å². The van der Waals surface area contributed by atoms with Gasteiger partial charge in [0.2, 0.25) is 0 Å². The first-order valence-corrected chi connectivity index (χ1v) is 10.9. The Hall–Kier alpha value is -1.38. The van der Waals surface area contributed by atoms with E-state index in [-0.39, 0.29) is 24.2 Å². The number of rotatable bonds is 2. The summed E-state index contributed by atoms with van der Waals surface area (Å²) in [5, 5.41) is 2.03. The van der Waals surface area contributed by atoms with Crippen LogP contribution in [0.15, 0.2) is 35.2 Å². The van der Waals surface area contributed by atoms with Gasteiger partial charge in [0.15, 0.2) is 5.79 Å². The third-order valence-electron chi connectivity index (χ3n) is 5.70. The zero-order valence-electron chi connectivity index (χ0n) is 15.8. The molecule has 1 aliphatic carbocycles. The molecule has 2 N–H and O–H groups in total. The Balaban J connectivity index is 1.62. The zero-order chi connectivity index (χ0) is 20.5. The summed E-state index contributed by atoms with van der Waals surface area (Å²) >= 11 is 16.2. The standard InChI is InChI=1S/C20H19BrCl2N4O2/c1-20(2)28-16-12(9-3-10(22)5-11(23)4-9)6-14(17(16)29-20)27-7-13(21)15-18(24)25-8-26-19(15)27/h3-5,7-8,12,14,16-17H,6H2,1-2H3,(H2,24,25,26)/t12-,14-,16-,17+/m1/s1. The number of nitrogen functional groups attached to an aromatic ring is 1. The van der Waals surface area contributed by atoms with E-state index in [1.807, 2.05) is 32.2 Å². The van der Waals surface area contributed by atoms with Gasteiger partial charge in [0.25, 0.3) is 0 Å². The molecule has 3 heterocycles. The molecule has 6 nitrogen and oxygen atoms in total. The second kappa shape index (κ2) is 6.82. The Morgan fingerprint density at radius 1 is 1.14 bits per heavy atom. The molecule has 2 aromatic heterocycles. The van der Waals surface area contributed by atoms with Crippen molar-refractivity contribution in [3.8, 4) is 0 Å². The molecule has 0 amide bonds. The van der Waals surface area contributed by atoms with Crippen LogP contribution >= 0.6 is 39.1 Å². The highest BCUT2D eigenvalue weighted by molar-refractivity contribution is 9.10. The third kappa shape index (κ3) is 3.24. The summed E-state index contributed by atoms with van der Waals surface area (Å²) in [5.74, 6) is -0.154. The molecule has 3 aromatic rings. The summed E-state index contributed by atoms with van der Waals surface area (Å²) in [6.45, 7) is 3.88. The first-order chi connectivity index (χ1) is 13.7. The SMILES string of the molecule is CC1(C)O[C@@H]2[C@H](O1)[C@@H](c1cc(Cl)cc(Cl)c1)C[C@H]2n1cc(Br)c2c(N)ncnc21. The summed E-state index contributed by atoms with van der Waals surface area (Å²) in [7, 11) is 0. The molecule has 29 heavy (non-hydrogen) atoms. The number of halogens is 3. The van der Waals surface area contributed by atoms with E-state index in [1.165, 1.54) is 6.33 Å². The second-order valence-electron chi connectivity index (χ2n) is 8.02. The molecular formula is C20H19BrCl2N4O2. The average molecular weight is 498 g/mol. The van der Waals surface area contributed by atoms with E-state index in [0.717, 1.165) is 27.5 Å². The Kier molecular flexibility index (Phi) is 4.60. The van der Waals surface area contributed by atoms with Crippen LogP contribution in [-0.2, 0) is 9.47 Å². The zero-order valence-corrected chi connectivity index (χ0v) is 18.9. The summed E-state index contributed by atoms with van der Waals surface area (Å²) in [5.41, 5.74) is 7.91. The lowest BCUT2D eigenvalue weighted by atomic mass is 9.95. The van der Waals surface area contributed by atoms with Gasteiger partial charge in [-0.1, -0.05) is 23.2 Å². The van der Waals surface area contributed by atoms with Crippen LogP contribution in [0.3, 0.4) is 0 Å². The number of ether oxygens (including phenoxy) is 2. The van der Waals surface area contributed by atoms with Crippen molar-refractivity contribution >= 4 is 56.0 Å². The van der Waals surface area contributed by atoms with Crippen LogP contribution in [0.4, 0.5) is 5.82 Å². The van der Waals surface area contributed by atoms with Crippen molar-refractivity contribution in [1.29, 1.82) is 0 Å².